The Balaban J connectivity index is 2.01. The second kappa shape index (κ2) is 6.50. The number of carbonyl (C=O) groups excluding carboxylic acids is 1. The van der Waals surface area contributed by atoms with Crippen LogP contribution in [0.5, 0.6) is 0 Å². The maximum atomic E-state index is 12.1. The fourth-order valence-electron chi connectivity index (χ4n) is 2.13. The molecule has 7 heteroatoms. The third-order valence-corrected chi connectivity index (χ3v) is 4.26. The molecule has 1 atom stereocenters. The minimum absolute atomic E-state index is 0.0921. The molecule has 0 aliphatic heterocycles. The van der Waals surface area contributed by atoms with Gasteiger partial charge in [-0.2, -0.15) is 0 Å². The molecule has 0 aliphatic rings. The number of para-hydroxylation sites is 1. The lowest BCUT2D eigenvalue weighted by molar-refractivity contribution is -0.131. The Morgan fingerprint density at radius 2 is 2.05 bits per heavy atom. The van der Waals surface area contributed by atoms with E-state index in [1.807, 2.05) is 37.3 Å². The molecule has 0 unspecified atom stereocenters. The predicted octanol–water partition coefficient (Wildman–Crippen LogP) is 1.89. The Hall–Kier alpha value is -1.86. The lowest BCUT2D eigenvalue weighted by Gasteiger charge is -2.23. The largest absolute Gasteiger partial charge is 0.459 e. The van der Waals surface area contributed by atoms with Crippen LogP contribution in [-0.4, -0.2) is 39.1 Å². The zero-order valence-corrected chi connectivity index (χ0v) is 13.7. The van der Waals surface area contributed by atoms with Crippen LogP contribution in [0, 0.1) is 0 Å². The minimum atomic E-state index is -3.27. The van der Waals surface area contributed by atoms with Gasteiger partial charge < -0.3 is 9.32 Å². The van der Waals surface area contributed by atoms with Crippen LogP contribution in [-0.2, 0) is 14.8 Å². The van der Waals surface area contributed by atoms with E-state index in [2.05, 4.69) is 4.72 Å². The molecule has 0 spiro atoms. The van der Waals surface area contributed by atoms with E-state index < -0.39 is 10.0 Å². The van der Waals surface area contributed by atoms with Gasteiger partial charge >= 0.3 is 0 Å². The van der Waals surface area contributed by atoms with Crippen LogP contribution in [0.4, 0.5) is 0 Å². The number of fused-ring (bicyclic) bond motifs is 1. The number of carbonyl (C=O) groups is 1. The van der Waals surface area contributed by atoms with E-state index in [4.69, 9.17) is 4.42 Å². The molecule has 0 fully saturated rings. The number of hydrogen-bond acceptors (Lipinski definition) is 4. The van der Waals surface area contributed by atoms with Crippen molar-refractivity contribution in [3.8, 4) is 0 Å². The number of furan rings is 1. The average Bonchev–Trinajstić information content (AvgIpc) is 2.88. The number of nitrogens with one attached hydrogen (secondary N) is 1. The van der Waals surface area contributed by atoms with E-state index in [1.165, 1.54) is 0 Å². The van der Waals surface area contributed by atoms with Crippen molar-refractivity contribution >= 4 is 26.9 Å². The van der Waals surface area contributed by atoms with Crippen LogP contribution < -0.4 is 4.72 Å². The lowest BCUT2D eigenvalue weighted by Crippen LogP contribution is -2.33. The minimum Gasteiger partial charge on any atom is -0.459 e. The smallest absolute Gasteiger partial charge is 0.224 e. The molecule has 1 N–H and O–H groups in total. The summed E-state index contributed by atoms with van der Waals surface area (Å²) >= 11 is 0. The highest BCUT2D eigenvalue weighted by Gasteiger charge is 2.20. The number of rotatable bonds is 6. The molecule has 2 aromatic rings. The van der Waals surface area contributed by atoms with Gasteiger partial charge in [0.2, 0.25) is 15.9 Å². The monoisotopic (exact) mass is 324 g/mol. The summed E-state index contributed by atoms with van der Waals surface area (Å²) in [5.74, 6) is 0.553. The Bertz CT molecular complexity index is 734. The van der Waals surface area contributed by atoms with Crippen LogP contribution >= 0.6 is 0 Å². The normalized spacial score (nSPS) is 13.2. The molecule has 0 saturated carbocycles. The molecule has 1 aromatic heterocycles. The van der Waals surface area contributed by atoms with E-state index in [0.717, 1.165) is 17.2 Å². The van der Waals surface area contributed by atoms with Crippen LogP contribution in [0.3, 0.4) is 0 Å². The first-order valence-corrected chi connectivity index (χ1v) is 8.86. The summed E-state index contributed by atoms with van der Waals surface area (Å²) in [6.07, 6.45) is 1.17. The van der Waals surface area contributed by atoms with Crippen molar-refractivity contribution in [3.63, 3.8) is 0 Å². The molecule has 0 bridgehead atoms. The number of hydrogen-bond donors (Lipinski definition) is 1. The SMILES string of the molecule is C[C@@H](c1cc2ccccc2o1)N(C)C(=O)CCNS(C)(=O)=O. The third kappa shape index (κ3) is 4.08. The van der Waals surface area contributed by atoms with Crippen molar-refractivity contribution in [2.75, 3.05) is 19.8 Å². The second-order valence-electron chi connectivity index (χ2n) is 5.28. The summed E-state index contributed by atoms with van der Waals surface area (Å²) in [6.45, 7) is 1.97. The quantitative estimate of drug-likeness (QED) is 0.880. The van der Waals surface area contributed by atoms with E-state index in [1.54, 1.807) is 11.9 Å². The van der Waals surface area contributed by atoms with Crippen molar-refractivity contribution in [2.45, 2.75) is 19.4 Å². The number of sulfonamides is 1. The first-order valence-electron chi connectivity index (χ1n) is 6.96. The Morgan fingerprint density at radius 1 is 1.36 bits per heavy atom. The molecule has 2 rings (SSSR count). The summed E-state index contributed by atoms with van der Waals surface area (Å²) in [5.41, 5.74) is 0.781. The standard InChI is InChI=1S/C15H20N2O4S/c1-11(14-10-12-6-4-5-7-13(12)21-14)17(2)15(18)8-9-16-22(3,19)20/h4-7,10-11,16H,8-9H2,1-3H3/t11-/m0/s1. The van der Waals surface area contributed by atoms with Crippen molar-refractivity contribution in [1.82, 2.24) is 9.62 Å². The van der Waals surface area contributed by atoms with Crippen molar-refractivity contribution < 1.29 is 17.6 Å². The molecule has 1 heterocycles. The molecule has 0 saturated heterocycles. The predicted molar refractivity (Wildman–Crippen MR) is 84.9 cm³/mol. The first-order chi connectivity index (χ1) is 10.3. The molecule has 6 nitrogen and oxygen atoms in total. The van der Waals surface area contributed by atoms with E-state index >= 15 is 0 Å². The third-order valence-electron chi connectivity index (χ3n) is 3.53. The second-order valence-corrected chi connectivity index (χ2v) is 7.12. The summed E-state index contributed by atoms with van der Waals surface area (Å²) in [6, 6.07) is 9.34. The highest BCUT2D eigenvalue weighted by atomic mass is 32.2. The number of benzene rings is 1. The van der Waals surface area contributed by atoms with Crippen LogP contribution in [0.2, 0.25) is 0 Å². The van der Waals surface area contributed by atoms with Gasteiger partial charge in [-0.25, -0.2) is 13.1 Å². The molecular weight excluding hydrogens is 304 g/mol. The molecule has 1 amide bonds. The maximum Gasteiger partial charge on any atom is 0.224 e. The molecule has 0 radical (unpaired) electrons. The number of nitrogens with zero attached hydrogens (tertiary/aromatic N) is 1. The van der Waals surface area contributed by atoms with Gasteiger partial charge in [0.15, 0.2) is 0 Å². The summed E-state index contributed by atoms with van der Waals surface area (Å²) in [7, 11) is -1.59. The Kier molecular flexibility index (Phi) is 4.87. The van der Waals surface area contributed by atoms with Gasteiger partial charge in [0, 0.05) is 25.4 Å². The fraction of sp³-hybridized carbons (Fsp3) is 0.400. The van der Waals surface area contributed by atoms with Gasteiger partial charge in [0.05, 0.1) is 12.3 Å². The van der Waals surface area contributed by atoms with Crippen LogP contribution in [0.1, 0.15) is 25.1 Å². The van der Waals surface area contributed by atoms with Gasteiger partial charge in [0.1, 0.15) is 11.3 Å². The summed E-state index contributed by atoms with van der Waals surface area (Å²) < 4.78 is 30.0. The molecular formula is C15H20N2O4S. The van der Waals surface area contributed by atoms with Gasteiger partial charge in [-0.3, -0.25) is 4.79 Å². The first kappa shape index (κ1) is 16.5. The van der Waals surface area contributed by atoms with Crippen molar-refractivity contribution in [1.29, 1.82) is 0 Å². The number of amides is 1. The molecule has 0 aliphatic carbocycles. The highest BCUT2D eigenvalue weighted by Crippen LogP contribution is 2.26. The van der Waals surface area contributed by atoms with Gasteiger partial charge in [0.25, 0.3) is 0 Å². The zero-order valence-electron chi connectivity index (χ0n) is 12.9. The fourth-order valence-corrected chi connectivity index (χ4v) is 2.61. The molecule has 1 aromatic carbocycles. The average molecular weight is 324 g/mol. The lowest BCUT2D eigenvalue weighted by atomic mass is 10.2. The van der Waals surface area contributed by atoms with Gasteiger partial charge in [-0.05, 0) is 19.1 Å². The zero-order chi connectivity index (χ0) is 16.3. The van der Waals surface area contributed by atoms with Crippen molar-refractivity contribution in [2.24, 2.45) is 0 Å². The maximum absolute atomic E-state index is 12.1. The highest BCUT2D eigenvalue weighted by molar-refractivity contribution is 7.88. The Morgan fingerprint density at radius 3 is 2.68 bits per heavy atom. The summed E-state index contributed by atoms with van der Waals surface area (Å²) in [5, 5.41) is 0.990. The molecule has 120 valence electrons. The summed E-state index contributed by atoms with van der Waals surface area (Å²) in [4.78, 5) is 13.7. The van der Waals surface area contributed by atoms with Crippen LogP contribution in [0.25, 0.3) is 11.0 Å². The Labute approximate surface area is 130 Å². The van der Waals surface area contributed by atoms with Gasteiger partial charge in [-0.1, -0.05) is 18.2 Å². The van der Waals surface area contributed by atoms with Crippen LogP contribution in [0.15, 0.2) is 34.7 Å². The molecule has 22 heavy (non-hydrogen) atoms. The van der Waals surface area contributed by atoms with Gasteiger partial charge in [-0.15, -0.1) is 0 Å². The topological polar surface area (TPSA) is 79.6 Å². The van der Waals surface area contributed by atoms with E-state index in [0.29, 0.717) is 5.76 Å². The van der Waals surface area contributed by atoms with E-state index in [9.17, 15) is 13.2 Å². The van der Waals surface area contributed by atoms with Crippen molar-refractivity contribution in [3.05, 3.63) is 36.1 Å². The van der Waals surface area contributed by atoms with E-state index in [-0.39, 0.29) is 24.9 Å².